The molecule has 3 aromatic carbocycles. The SMILES string of the molecule is Cc1cc(NC2CC2)c2cnccc2c1NC(=O)OCC1c2ccccc2-c2ccccc21. The van der Waals surface area contributed by atoms with E-state index in [-0.39, 0.29) is 5.92 Å². The van der Waals surface area contributed by atoms with E-state index >= 15 is 0 Å². The lowest BCUT2D eigenvalue weighted by Crippen LogP contribution is -2.18. The van der Waals surface area contributed by atoms with Crippen LogP contribution in [0.25, 0.3) is 21.9 Å². The van der Waals surface area contributed by atoms with E-state index in [1.54, 1.807) is 6.20 Å². The van der Waals surface area contributed by atoms with E-state index in [0.29, 0.717) is 12.6 Å². The third kappa shape index (κ3) is 3.59. The summed E-state index contributed by atoms with van der Waals surface area (Å²) in [5.41, 5.74) is 7.67. The maximum absolute atomic E-state index is 12.9. The third-order valence-corrected chi connectivity index (χ3v) is 6.64. The molecule has 1 saturated carbocycles. The number of pyridine rings is 1. The number of amides is 1. The molecule has 0 spiro atoms. The molecular weight excluding hydrogens is 410 g/mol. The first-order valence-corrected chi connectivity index (χ1v) is 11.4. The number of nitrogens with zero attached hydrogens (tertiary/aromatic N) is 1. The summed E-state index contributed by atoms with van der Waals surface area (Å²) >= 11 is 0. The van der Waals surface area contributed by atoms with Gasteiger partial charge in [-0.3, -0.25) is 10.3 Å². The molecule has 0 atom stereocenters. The van der Waals surface area contributed by atoms with Gasteiger partial charge in [-0.15, -0.1) is 0 Å². The van der Waals surface area contributed by atoms with Gasteiger partial charge in [0, 0.05) is 40.8 Å². The van der Waals surface area contributed by atoms with Crippen molar-refractivity contribution in [3.05, 3.63) is 89.7 Å². The molecule has 33 heavy (non-hydrogen) atoms. The summed E-state index contributed by atoms with van der Waals surface area (Å²) in [6, 6.07) is 21.3. The molecule has 2 N–H and O–H groups in total. The van der Waals surface area contributed by atoms with Crippen molar-refractivity contribution in [3.8, 4) is 11.1 Å². The number of carbonyl (C=O) groups is 1. The molecule has 164 valence electrons. The highest BCUT2D eigenvalue weighted by atomic mass is 16.5. The van der Waals surface area contributed by atoms with Crippen LogP contribution in [0.3, 0.4) is 0 Å². The van der Waals surface area contributed by atoms with Gasteiger partial charge in [0.2, 0.25) is 0 Å². The molecule has 0 bridgehead atoms. The molecule has 0 radical (unpaired) electrons. The van der Waals surface area contributed by atoms with Crippen LogP contribution in [-0.2, 0) is 4.74 Å². The van der Waals surface area contributed by atoms with Gasteiger partial charge in [-0.05, 0) is 59.7 Å². The lowest BCUT2D eigenvalue weighted by atomic mass is 9.98. The number of anilines is 2. The van der Waals surface area contributed by atoms with Crippen LogP contribution in [0.1, 0.15) is 35.4 Å². The van der Waals surface area contributed by atoms with Crippen molar-refractivity contribution in [2.45, 2.75) is 31.7 Å². The van der Waals surface area contributed by atoms with E-state index in [2.05, 4.69) is 58.1 Å². The molecule has 0 saturated heterocycles. The second-order valence-electron chi connectivity index (χ2n) is 8.91. The summed E-state index contributed by atoms with van der Waals surface area (Å²) < 4.78 is 5.77. The summed E-state index contributed by atoms with van der Waals surface area (Å²) in [6.07, 6.45) is 5.55. The quantitative estimate of drug-likeness (QED) is 0.377. The molecule has 1 fully saturated rings. The van der Waals surface area contributed by atoms with E-state index in [4.69, 9.17) is 4.74 Å². The molecule has 1 aromatic heterocycles. The minimum absolute atomic E-state index is 0.0373. The molecule has 2 aliphatic rings. The van der Waals surface area contributed by atoms with Gasteiger partial charge >= 0.3 is 6.09 Å². The average molecular weight is 436 g/mol. The number of nitrogens with one attached hydrogen (secondary N) is 2. The summed E-state index contributed by atoms with van der Waals surface area (Å²) in [5.74, 6) is 0.0373. The fourth-order valence-electron chi connectivity index (χ4n) is 4.88. The number of aromatic nitrogens is 1. The Morgan fingerprint density at radius 3 is 2.39 bits per heavy atom. The Bertz CT molecular complexity index is 1330. The van der Waals surface area contributed by atoms with Gasteiger partial charge in [0.15, 0.2) is 0 Å². The van der Waals surface area contributed by atoms with Crippen molar-refractivity contribution in [2.75, 3.05) is 17.2 Å². The molecular formula is C28H25N3O2. The highest BCUT2D eigenvalue weighted by Gasteiger charge is 2.29. The lowest BCUT2D eigenvalue weighted by Gasteiger charge is -2.18. The second kappa shape index (κ2) is 7.93. The summed E-state index contributed by atoms with van der Waals surface area (Å²) in [6.45, 7) is 2.30. The molecule has 1 heterocycles. The highest BCUT2D eigenvalue weighted by Crippen LogP contribution is 2.44. The van der Waals surface area contributed by atoms with Crippen molar-refractivity contribution in [1.29, 1.82) is 0 Å². The zero-order valence-corrected chi connectivity index (χ0v) is 18.5. The third-order valence-electron chi connectivity index (χ3n) is 6.64. The molecule has 2 aliphatic carbocycles. The molecule has 0 unspecified atom stereocenters. The second-order valence-corrected chi connectivity index (χ2v) is 8.91. The zero-order chi connectivity index (χ0) is 22.4. The van der Waals surface area contributed by atoms with E-state index < -0.39 is 6.09 Å². The van der Waals surface area contributed by atoms with E-state index in [0.717, 1.165) is 27.7 Å². The zero-order valence-electron chi connectivity index (χ0n) is 18.5. The summed E-state index contributed by atoms with van der Waals surface area (Å²) in [7, 11) is 0. The normalized spacial score (nSPS) is 14.6. The number of benzene rings is 3. The number of aryl methyl sites for hydroxylation is 1. The fourth-order valence-corrected chi connectivity index (χ4v) is 4.88. The molecule has 6 rings (SSSR count). The van der Waals surface area contributed by atoms with E-state index in [1.165, 1.54) is 35.1 Å². The Morgan fingerprint density at radius 2 is 1.70 bits per heavy atom. The van der Waals surface area contributed by atoms with Gasteiger partial charge in [0.1, 0.15) is 6.61 Å². The van der Waals surface area contributed by atoms with Gasteiger partial charge in [0.05, 0.1) is 5.69 Å². The molecule has 5 heteroatoms. The van der Waals surface area contributed by atoms with Crippen molar-refractivity contribution >= 4 is 28.2 Å². The smallest absolute Gasteiger partial charge is 0.411 e. The van der Waals surface area contributed by atoms with Crippen molar-refractivity contribution in [3.63, 3.8) is 0 Å². The van der Waals surface area contributed by atoms with Crippen LogP contribution >= 0.6 is 0 Å². The summed E-state index contributed by atoms with van der Waals surface area (Å²) in [5, 5.41) is 8.55. The first kappa shape index (κ1) is 19.8. The van der Waals surface area contributed by atoms with Crippen molar-refractivity contribution in [2.24, 2.45) is 0 Å². The first-order valence-electron chi connectivity index (χ1n) is 11.4. The monoisotopic (exact) mass is 435 g/mol. The Balaban J connectivity index is 1.24. The topological polar surface area (TPSA) is 63.2 Å². The number of ether oxygens (including phenoxy) is 1. The van der Waals surface area contributed by atoms with Crippen LogP contribution in [0.5, 0.6) is 0 Å². The Kier molecular flexibility index (Phi) is 4.75. The molecule has 1 amide bonds. The maximum atomic E-state index is 12.9. The molecule has 5 nitrogen and oxygen atoms in total. The van der Waals surface area contributed by atoms with Crippen LogP contribution in [0.4, 0.5) is 16.2 Å². The van der Waals surface area contributed by atoms with E-state index in [9.17, 15) is 4.79 Å². The van der Waals surface area contributed by atoms with Crippen LogP contribution < -0.4 is 10.6 Å². The lowest BCUT2D eigenvalue weighted by molar-refractivity contribution is 0.158. The van der Waals surface area contributed by atoms with Crippen LogP contribution in [0.2, 0.25) is 0 Å². The number of rotatable bonds is 5. The van der Waals surface area contributed by atoms with E-state index in [1.807, 2.05) is 31.3 Å². The first-order chi connectivity index (χ1) is 16.2. The standard InChI is InChI=1S/C28H25N3O2/c1-17-14-26(30-18-10-11-18)24-15-29-13-12-23(24)27(17)31-28(32)33-16-25-21-8-4-2-6-19(21)20-7-3-5-9-22(20)25/h2-9,12-15,18,25,30H,10-11,16H2,1H3,(H,31,32). The summed E-state index contributed by atoms with van der Waals surface area (Å²) in [4.78, 5) is 17.2. The Hall–Kier alpha value is -3.86. The van der Waals surface area contributed by atoms with Crippen LogP contribution in [0.15, 0.2) is 73.1 Å². The van der Waals surface area contributed by atoms with Gasteiger partial charge < -0.3 is 10.1 Å². The minimum Gasteiger partial charge on any atom is -0.448 e. The maximum Gasteiger partial charge on any atom is 0.411 e. The Labute approximate surface area is 192 Å². The van der Waals surface area contributed by atoms with Gasteiger partial charge in [0.25, 0.3) is 0 Å². The number of fused-ring (bicyclic) bond motifs is 4. The minimum atomic E-state index is -0.444. The molecule has 0 aliphatic heterocycles. The van der Waals surface area contributed by atoms with Crippen molar-refractivity contribution in [1.82, 2.24) is 4.98 Å². The number of hydrogen-bond acceptors (Lipinski definition) is 4. The largest absolute Gasteiger partial charge is 0.448 e. The van der Waals surface area contributed by atoms with Crippen LogP contribution in [-0.4, -0.2) is 23.7 Å². The van der Waals surface area contributed by atoms with Gasteiger partial charge in [-0.1, -0.05) is 48.5 Å². The molecule has 4 aromatic rings. The number of carbonyl (C=O) groups excluding carboxylic acids is 1. The predicted octanol–water partition coefficient (Wildman–Crippen LogP) is 6.48. The predicted molar refractivity (Wildman–Crippen MR) is 132 cm³/mol. The number of hydrogen-bond donors (Lipinski definition) is 2. The van der Waals surface area contributed by atoms with Crippen LogP contribution in [0, 0.1) is 6.92 Å². The van der Waals surface area contributed by atoms with Gasteiger partial charge in [-0.2, -0.15) is 0 Å². The highest BCUT2D eigenvalue weighted by molar-refractivity contribution is 6.06. The fraction of sp³-hybridized carbons (Fsp3) is 0.214. The average Bonchev–Trinajstić information content (AvgIpc) is 3.60. The Morgan fingerprint density at radius 1 is 1.00 bits per heavy atom. The van der Waals surface area contributed by atoms with Crippen molar-refractivity contribution < 1.29 is 9.53 Å². The van der Waals surface area contributed by atoms with Gasteiger partial charge in [-0.25, -0.2) is 4.79 Å².